The molecule has 1 heterocycles. The van der Waals surface area contributed by atoms with Gasteiger partial charge in [0.25, 0.3) is 0 Å². The van der Waals surface area contributed by atoms with Crippen molar-refractivity contribution in [3.8, 4) is 11.8 Å². The van der Waals surface area contributed by atoms with Gasteiger partial charge in [0, 0.05) is 50.9 Å². The molecule has 2 aromatic carbocycles. The van der Waals surface area contributed by atoms with Gasteiger partial charge in [-0.15, -0.1) is 0 Å². The van der Waals surface area contributed by atoms with Crippen LogP contribution in [0.4, 0.5) is 10.5 Å². The Morgan fingerprint density at radius 2 is 1.89 bits per heavy atom. The lowest BCUT2D eigenvalue weighted by Crippen LogP contribution is -2.53. The molecule has 2 aromatic rings. The van der Waals surface area contributed by atoms with Crippen molar-refractivity contribution < 1.29 is 19.4 Å². The summed E-state index contributed by atoms with van der Waals surface area (Å²) >= 11 is 0. The van der Waals surface area contributed by atoms with E-state index in [0.717, 1.165) is 43.5 Å². The summed E-state index contributed by atoms with van der Waals surface area (Å²) in [5, 5.41) is 18.4. The fourth-order valence-electron chi connectivity index (χ4n) is 5.43. The molecular weight excluding hydrogens is 468 g/mol. The molecule has 2 aliphatic rings. The SMILES string of the molecule is Cc1cc(N(C)C(=O)[C@H]2CC[C@H](Oc3cccc(C#N)c3)CC2)ccc1CN1CCN(C(=O)O)[C@@H](C)C1. The second kappa shape index (κ2) is 11.7. The van der Waals surface area contributed by atoms with Gasteiger partial charge in [-0.05, 0) is 81.0 Å². The van der Waals surface area contributed by atoms with Crippen LogP contribution < -0.4 is 9.64 Å². The van der Waals surface area contributed by atoms with E-state index in [1.165, 1.54) is 10.5 Å². The maximum Gasteiger partial charge on any atom is 0.407 e. The molecule has 0 bridgehead atoms. The summed E-state index contributed by atoms with van der Waals surface area (Å²) in [4.78, 5) is 30.2. The Labute approximate surface area is 219 Å². The standard InChI is InChI=1S/C29H36N4O4/c1-20-15-25(10-7-24(20)19-32-13-14-33(29(35)36)21(2)18-32)31(3)28(34)23-8-11-26(12-9-23)37-27-6-4-5-22(16-27)17-30/h4-7,10,15-16,21,23,26H,8-9,11-14,18-19H2,1-3H3,(H,35,36)/t21-,23-,26-/m0/s1. The number of ether oxygens (including phenoxy) is 1. The average Bonchev–Trinajstić information content (AvgIpc) is 2.89. The zero-order chi connectivity index (χ0) is 26.5. The van der Waals surface area contributed by atoms with Crippen molar-refractivity contribution in [2.45, 2.75) is 58.2 Å². The first-order valence-electron chi connectivity index (χ1n) is 13.0. The van der Waals surface area contributed by atoms with E-state index in [9.17, 15) is 14.7 Å². The van der Waals surface area contributed by atoms with Crippen LogP contribution in [0.3, 0.4) is 0 Å². The summed E-state index contributed by atoms with van der Waals surface area (Å²) in [5.41, 5.74) is 3.79. The fraction of sp³-hybridized carbons (Fsp3) is 0.483. The Morgan fingerprint density at radius 3 is 2.54 bits per heavy atom. The van der Waals surface area contributed by atoms with Gasteiger partial charge in [-0.3, -0.25) is 9.69 Å². The number of aryl methyl sites for hydroxylation is 1. The summed E-state index contributed by atoms with van der Waals surface area (Å²) in [6, 6.07) is 15.5. The van der Waals surface area contributed by atoms with Gasteiger partial charge in [-0.1, -0.05) is 12.1 Å². The fourth-order valence-corrected chi connectivity index (χ4v) is 5.43. The predicted molar refractivity (Wildman–Crippen MR) is 142 cm³/mol. The van der Waals surface area contributed by atoms with Gasteiger partial charge in [-0.2, -0.15) is 5.26 Å². The lowest BCUT2D eigenvalue weighted by Gasteiger charge is -2.38. The second-order valence-electron chi connectivity index (χ2n) is 10.3. The van der Waals surface area contributed by atoms with Crippen molar-refractivity contribution in [3.63, 3.8) is 0 Å². The molecule has 1 N–H and O–H groups in total. The first-order valence-corrected chi connectivity index (χ1v) is 13.0. The minimum Gasteiger partial charge on any atom is -0.490 e. The van der Waals surface area contributed by atoms with Crippen molar-refractivity contribution in [2.24, 2.45) is 5.92 Å². The molecule has 1 atom stereocenters. The minimum atomic E-state index is -0.855. The van der Waals surface area contributed by atoms with Crippen molar-refractivity contribution >= 4 is 17.7 Å². The van der Waals surface area contributed by atoms with Crippen molar-refractivity contribution in [3.05, 3.63) is 59.2 Å². The number of hydrogen-bond donors (Lipinski definition) is 1. The quantitative estimate of drug-likeness (QED) is 0.615. The summed E-state index contributed by atoms with van der Waals surface area (Å²) in [6.07, 6.45) is 2.39. The van der Waals surface area contributed by atoms with Gasteiger partial charge >= 0.3 is 6.09 Å². The zero-order valence-electron chi connectivity index (χ0n) is 21.9. The number of benzene rings is 2. The highest BCUT2D eigenvalue weighted by Gasteiger charge is 2.30. The van der Waals surface area contributed by atoms with Crippen LogP contribution in [-0.4, -0.2) is 65.7 Å². The highest BCUT2D eigenvalue weighted by atomic mass is 16.5. The molecule has 8 heteroatoms. The molecule has 0 unspecified atom stereocenters. The number of rotatable bonds is 6. The van der Waals surface area contributed by atoms with E-state index in [2.05, 4.69) is 30.0 Å². The van der Waals surface area contributed by atoms with E-state index in [1.807, 2.05) is 32.2 Å². The predicted octanol–water partition coefficient (Wildman–Crippen LogP) is 4.65. The van der Waals surface area contributed by atoms with Crippen molar-refractivity contribution in [1.82, 2.24) is 9.80 Å². The maximum atomic E-state index is 13.3. The number of nitriles is 1. The molecule has 8 nitrogen and oxygen atoms in total. The molecule has 1 saturated carbocycles. The number of piperazine rings is 1. The largest absolute Gasteiger partial charge is 0.490 e. The summed E-state index contributed by atoms with van der Waals surface area (Å²) in [7, 11) is 1.85. The summed E-state index contributed by atoms with van der Waals surface area (Å²) < 4.78 is 6.07. The molecule has 4 rings (SSSR count). The Kier molecular flexibility index (Phi) is 8.34. The van der Waals surface area contributed by atoms with Gasteiger partial charge < -0.3 is 19.6 Å². The number of anilines is 1. The van der Waals surface area contributed by atoms with Gasteiger partial charge in [0.2, 0.25) is 5.91 Å². The van der Waals surface area contributed by atoms with Crippen LogP contribution in [0.1, 0.15) is 49.3 Å². The summed E-state index contributed by atoms with van der Waals surface area (Å²) in [6.45, 7) is 6.72. The minimum absolute atomic E-state index is 0.0257. The van der Waals surface area contributed by atoms with Gasteiger partial charge in [0.05, 0.1) is 17.7 Å². The molecule has 1 aliphatic carbocycles. The first-order chi connectivity index (χ1) is 17.7. The third-order valence-corrected chi connectivity index (χ3v) is 7.68. The van der Waals surface area contributed by atoms with Crippen LogP contribution in [-0.2, 0) is 11.3 Å². The molecule has 2 fully saturated rings. The zero-order valence-corrected chi connectivity index (χ0v) is 21.9. The van der Waals surface area contributed by atoms with Crippen LogP contribution in [0.15, 0.2) is 42.5 Å². The molecule has 0 spiro atoms. The lowest BCUT2D eigenvalue weighted by molar-refractivity contribution is -0.123. The topological polar surface area (TPSA) is 97.1 Å². The van der Waals surface area contributed by atoms with E-state index < -0.39 is 6.09 Å². The van der Waals surface area contributed by atoms with E-state index in [1.54, 1.807) is 17.0 Å². The number of amides is 2. The highest BCUT2D eigenvalue weighted by Crippen LogP contribution is 2.31. The highest BCUT2D eigenvalue weighted by molar-refractivity contribution is 5.94. The third kappa shape index (κ3) is 6.41. The van der Waals surface area contributed by atoms with Gasteiger partial charge in [-0.25, -0.2) is 4.79 Å². The van der Waals surface area contributed by atoms with Crippen LogP contribution in [0.25, 0.3) is 0 Å². The average molecular weight is 505 g/mol. The molecular formula is C29H36N4O4. The van der Waals surface area contributed by atoms with E-state index in [0.29, 0.717) is 30.9 Å². The first kappa shape index (κ1) is 26.5. The van der Waals surface area contributed by atoms with E-state index in [4.69, 9.17) is 10.00 Å². The summed E-state index contributed by atoms with van der Waals surface area (Å²) in [5.74, 6) is 0.817. The van der Waals surface area contributed by atoms with Gasteiger partial charge in [0.15, 0.2) is 0 Å². The van der Waals surface area contributed by atoms with Crippen molar-refractivity contribution in [1.29, 1.82) is 5.26 Å². The van der Waals surface area contributed by atoms with Crippen LogP contribution in [0, 0.1) is 24.2 Å². The van der Waals surface area contributed by atoms with E-state index in [-0.39, 0.29) is 24.0 Å². The number of nitrogens with zero attached hydrogens (tertiary/aromatic N) is 4. The molecule has 0 aromatic heterocycles. The maximum absolute atomic E-state index is 13.3. The van der Waals surface area contributed by atoms with Crippen LogP contribution >= 0.6 is 0 Å². The molecule has 1 saturated heterocycles. The Hall–Kier alpha value is -3.57. The molecule has 0 radical (unpaired) electrons. The number of carbonyl (C=O) groups is 2. The van der Waals surface area contributed by atoms with E-state index >= 15 is 0 Å². The normalized spacial score (nSPS) is 22.2. The number of carbonyl (C=O) groups excluding carboxylic acids is 1. The van der Waals surface area contributed by atoms with Crippen molar-refractivity contribution in [2.75, 3.05) is 31.6 Å². The number of carboxylic acid groups (broad SMARTS) is 1. The van der Waals surface area contributed by atoms with Gasteiger partial charge in [0.1, 0.15) is 5.75 Å². The third-order valence-electron chi connectivity index (χ3n) is 7.68. The number of hydrogen-bond acceptors (Lipinski definition) is 5. The second-order valence-corrected chi connectivity index (χ2v) is 10.3. The molecule has 2 amide bonds. The Bertz CT molecular complexity index is 1170. The molecule has 1 aliphatic heterocycles. The smallest absolute Gasteiger partial charge is 0.407 e. The Balaban J connectivity index is 1.30. The monoisotopic (exact) mass is 504 g/mol. The molecule has 37 heavy (non-hydrogen) atoms. The Morgan fingerprint density at radius 1 is 1.14 bits per heavy atom. The van der Waals surface area contributed by atoms with Crippen LogP contribution in [0.5, 0.6) is 5.75 Å². The molecule has 196 valence electrons. The lowest BCUT2D eigenvalue weighted by atomic mass is 9.86. The van der Waals surface area contributed by atoms with Crippen LogP contribution in [0.2, 0.25) is 0 Å².